The summed E-state index contributed by atoms with van der Waals surface area (Å²) in [6, 6.07) is 9.57. The van der Waals surface area contributed by atoms with E-state index in [2.05, 4.69) is 43.4 Å². The third kappa shape index (κ3) is 2.14. The van der Waals surface area contributed by atoms with Gasteiger partial charge < -0.3 is 10.1 Å². The van der Waals surface area contributed by atoms with Gasteiger partial charge in [-0.3, -0.25) is 0 Å². The van der Waals surface area contributed by atoms with E-state index in [9.17, 15) is 0 Å². The van der Waals surface area contributed by atoms with Gasteiger partial charge in [0.25, 0.3) is 0 Å². The summed E-state index contributed by atoms with van der Waals surface area (Å²) in [6.07, 6.45) is 5.10. The number of para-hydroxylation sites is 1. The summed E-state index contributed by atoms with van der Waals surface area (Å²) in [6.45, 7) is 5.62. The summed E-state index contributed by atoms with van der Waals surface area (Å²) in [5, 5.41) is 3.88. The first-order valence-electron chi connectivity index (χ1n) is 7.14. The van der Waals surface area contributed by atoms with Crippen LogP contribution in [0.5, 0.6) is 5.75 Å². The molecule has 1 aliphatic heterocycles. The number of fused-ring (bicyclic) bond motifs is 1. The third-order valence-corrected chi connectivity index (χ3v) is 4.62. The largest absolute Gasteiger partial charge is 0.493 e. The van der Waals surface area contributed by atoms with E-state index >= 15 is 0 Å². The van der Waals surface area contributed by atoms with Gasteiger partial charge in [0.1, 0.15) is 5.75 Å². The van der Waals surface area contributed by atoms with Crippen molar-refractivity contribution in [3.8, 4) is 5.75 Å². The summed E-state index contributed by atoms with van der Waals surface area (Å²) in [7, 11) is 0. The topological polar surface area (TPSA) is 21.3 Å². The van der Waals surface area contributed by atoms with Gasteiger partial charge in [-0.25, -0.2) is 0 Å². The highest BCUT2D eigenvalue weighted by atomic mass is 16.5. The molecule has 0 amide bonds. The highest BCUT2D eigenvalue weighted by molar-refractivity contribution is 5.37. The van der Waals surface area contributed by atoms with Gasteiger partial charge in [0.2, 0.25) is 0 Å². The van der Waals surface area contributed by atoms with Crippen LogP contribution in [0.1, 0.15) is 51.1 Å². The fourth-order valence-corrected chi connectivity index (χ4v) is 3.39. The van der Waals surface area contributed by atoms with Gasteiger partial charge in [0, 0.05) is 24.1 Å². The van der Waals surface area contributed by atoms with Crippen molar-refractivity contribution >= 4 is 0 Å². The molecule has 1 heterocycles. The van der Waals surface area contributed by atoms with Crippen molar-refractivity contribution in [1.29, 1.82) is 0 Å². The number of hydrogen-bond acceptors (Lipinski definition) is 2. The molecular formula is C16H23NO. The van der Waals surface area contributed by atoms with Gasteiger partial charge >= 0.3 is 0 Å². The summed E-state index contributed by atoms with van der Waals surface area (Å²) < 4.78 is 5.73. The first-order chi connectivity index (χ1) is 8.67. The van der Waals surface area contributed by atoms with E-state index < -0.39 is 0 Å². The van der Waals surface area contributed by atoms with Crippen LogP contribution in [0, 0.1) is 5.41 Å². The van der Waals surface area contributed by atoms with E-state index in [4.69, 9.17) is 4.74 Å². The van der Waals surface area contributed by atoms with E-state index in [0.29, 0.717) is 17.5 Å². The number of ether oxygens (including phenoxy) is 1. The standard InChI is InChI=1S/C16H23NO/c1-16(2)10-5-8-15(16)17-13-9-11-18-14-7-4-3-6-12(13)14/h3-4,6-7,13,15,17H,5,8-11H2,1-2H3. The van der Waals surface area contributed by atoms with Crippen LogP contribution in [-0.2, 0) is 0 Å². The SMILES string of the molecule is CC1(C)CCCC1NC1CCOc2ccccc21. The molecule has 1 saturated carbocycles. The van der Waals surface area contributed by atoms with E-state index in [1.165, 1.54) is 24.8 Å². The van der Waals surface area contributed by atoms with Crippen molar-refractivity contribution in [3.05, 3.63) is 29.8 Å². The Hall–Kier alpha value is -1.02. The number of nitrogens with one attached hydrogen (secondary N) is 1. The number of hydrogen-bond donors (Lipinski definition) is 1. The van der Waals surface area contributed by atoms with Crippen LogP contribution < -0.4 is 10.1 Å². The van der Waals surface area contributed by atoms with Gasteiger partial charge in [-0.05, 0) is 24.3 Å². The molecule has 0 radical (unpaired) electrons. The molecule has 1 fully saturated rings. The van der Waals surface area contributed by atoms with Crippen LogP contribution in [0.25, 0.3) is 0 Å². The Bertz CT molecular complexity index is 427. The van der Waals surface area contributed by atoms with Crippen LogP contribution >= 0.6 is 0 Å². The molecule has 2 unspecified atom stereocenters. The molecule has 2 nitrogen and oxygen atoms in total. The van der Waals surface area contributed by atoms with Gasteiger partial charge in [-0.1, -0.05) is 38.5 Å². The van der Waals surface area contributed by atoms with Crippen molar-refractivity contribution in [2.45, 2.75) is 51.6 Å². The van der Waals surface area contributed by atoms with Crippen molar-refractivity contribution in [2.75, 3.05) is 6.61 Å². The quantitative estimate of drug-likeness (QED) is 0.858. The minimum Gasteiger partial charge on any atom is -0.493 e. The monoisotopic (exact) mass is 245 g/mol. The first-order valence-corrected chi connectivity index (χ1v) is 7.14. The van der Waals surface area contributed by atoms with E-state index in [-0.39, 0.29) is 0 Å². The molecule has 0 spiro atoms. The average Bonchev–Trinajstić information content (AvgIpc) is 2.69. The molecule has 18 heavy (non-hydrogen) atoms. The molecule has 3 rings (SSSR count). The van der Waals surface area contributed by atoms with E-state index in [0.717, 1.165) is 18.8 Å². The molecule has 1 N–H and O–H groups in total. The van der Waals surface area contributed by atoms with Crippen LogP contribution in [0.15, 0.2) is 24.3 Å². The molecule has 2 aliphatic rings. The third-order valence-electron chi connectivity index (χ3n) is 4.62. The molecule has 0 saturated heterocycles. The average molecular weight is 245 g/mol. The molecule has 0 bridgehead atoms. The van der Waals surface area contributed by atoms with Crippen LogP contribution in [-0.4, -0.2) is 12.6 Å². The second kappa shape index (κ2) is 4.58. The zero-order chi connectivity index (χ0) is 12.6. The van der Waals surface area contributed by atoms with Gasteiger partial charge in [0.15, 0.2) is 0 Å². The second-order valence-electron chi connectivity index (χ2n) is 6.33. The molecule has 2 heteroatoms. The summed E-state index contributed by atoms with van der Waals surface area (Å²) in [5.41, 5.74) is 1.78. The Balaban J connectivity index is 1.78. The zero-order valence-electron chi connectivity index (χ0n) is 11.4. The van der Waals surface area contributed by atoms with Crippen molar-refractivity contribution < 1.29 is 4.74 Å². The highest BCUT2D eigenvalue weighted by Crippen LogP contribution is 2.40. The molecule has 98 valence electrons. The van der Waals surface area contributed by atoms with Gasteiger partial charge in [-0.15, -0.1) is 0 Å². The van der Waals surface area contributed by atoms with Crippen LogP contribution in [0.3, 0.4) is 0 Å². The maximum atomic E-state index is 5.73. The predicted octanol–water partition coefficient (Wildman–Crippen LogP) is 3.68. The summed E-state index contributed by atoms with van der Waals surface area (Å²) in [4.78, 5) is 0. The summed E-state index contributed by atoms with van der Waals surface area (Å²) in [5.74, 6) is 1.07. The smallest absolute Gasteiger partial charge is 0.124 e. The summed E-state index contributed by atoms with van der Waals surface area (Å²) >= 11 is 0. The molecule has 2 atom stereocenters. The fourth-order valence-electron chi connectivity index (χ4n) is 3.39. The Morgan fingerprint density at radius 1 is 1.22 bits per heavy atom. The lowest BCUT2D eigenvalue weighted by Crippen LogP contribution is -2.41. The lowest BCUT2D eigenvalue weighted by molar-refractivity contribution is 0.210. The molecule has 0 aromatic heterocycles. The van der Waals surface area contributed by atoms with Gasteiger partial charge in [0.05, 0.1) is 6.61 Å². The number of benzene rings is 1. The maximum absolute atomic E-state index is 5.73. The van der Waals surface area contributed by atoms with Crippen molar-refractivity contribution in [2.24, 2.45) is 5.41 Å². The minimum atomic E-state index is 0.438. The number of rotatable bonds is 2. The van der Waals surface area contributed by atoms with E-state index in [1.807, 2.05) is 0 Å². The Morgan fingerprint density at radius 3 is 2.83 bits per heavy atom. The normalized spacial score (nSPS) is 29.7. The van der Waals surface area contributed by atoms with Gasteiger partial charge in [-0.2, -0.15) is 0 Å². The first kappa shape index (κ1) is 12.0. The van der Waals surface area contributed by atoms with Crippen LogP contribution in [0.2, 0.25) is 0 Å². The Labute approximate surface area is 110 Å². The highest BCUT2D eigenvalue weighted by Gasteiger charge is 2.36. The minimum absolute atomic E-state index is 0.438. The molecule has 1 aromatic carbocycles. The zero-order valence-corrected chi connectivity index (χ0v) is 11.4. The Morgan fingerprint density at radius 2 is 2.06 bits per heavy atom. The van der Waals surface area contributed by atoms with Crippen molar-refractivity contribution in [1.82, 2.24) is 5.32 Å². The Kier molecular flexibility index (Phi) is 3.06. The predicted molar refractivity (Wildman–Crippen MR) is 73.9 cm³/mol. The van der Waals surface area contributed by atoms with Crippen molar-refractivity contribution in [3.63, 3.8) is 0 Å². The van der Waals surface area contributed by atoms with Crippen LogP contribution in [0.4, 0.5) is 0 Å². The van der Waals surface area contributed by atoms with E-state index in [1.54, 1.807) is 0 Å². The lowest BCUT2D eigenvalue weighted by Gasteiger charge is -2.34. The molecule has 1 aromatic rings. The molecule has 1 aliphatic carbocycles. The fraction of sp³-hybridized carbons (Fsp3) is 0.625. The lowest BCUT2D eigenvalue weighted by atomic mass is 9.86. The second-order valence-corrected chi connectivity index (χ2v) is 6.33. The molecular weight excluding hydrogens is 222 g/mol. The maximum Gasteiger partial charge on any atom is 0.124 e.